The molecular weight excluding hydrogens is 636 g/mol. The van der Waals surface area contributed by atoms with Gasteiger partial charge >= 0.3 is 17.9 Å². The summed E-state index contributed by atoms with van der Waals surface area (Å²) in [5, 5.41) is 0. The minimum atomic E-state index is -0.759. The van der Waals surface area contributed by atoms with Crippen molar-refractivity contribution in [2.75, 3.05) is 13.2 Å². The van der Waals surface area contributed by atoms with Gasteiger partial charge in [0.15, 0.2) is 6.10 Å². The molecule has 0 aliphatic rings. The molecule has 0 aliphatic heterocycles. The standard InChI is InChI=1S/C45H86O6/c1-5-8-10-12-14-16-18-19-20-22-24-29-33-37-44(47)50-40-42(51-45(48)38-34-30-26-25-27-31-35-41(4)7-3)39-49-43(46)36-32-28-23-21-17-15-13-11-9-6-2/h41-42H,5-40H2,1-4H3/t41?,42-/m1/s1. The SMILES string of the molecule is CCCCCCCCCCCCCCCC(=O)OC[C@@H](COC(=O)CCCCCCCCCCCC)OC(=O)CCCCCCCCC(C)CC. The van der Waals surface area contributed by atoms with E-state index in [1.807, 2.05) is 0 Å². The zero-order chi connectivity index (χ0) is 37.5. The summed E-state index contributed by atoms with van der Waals surface area (Å²) in [5.41, 5.74) is 0. The zero-order valence-electron chi connectivity index (χ0n) is 34.6. The summed E-state index contributed by atoms with van der Waals surface area (Å²) in [7, 11) is 0. The highest BCUT2D eigenvalue weighted by Gasteiger charge is 2.19. The molecule has 0 aromatic heterocycles. The molecule has 0 aliphatic carbocycles. The molecular formula is C45H86O6. The molecule has 51 heavy (non-hydrogen) atoms. The molecule has 0 saturated carbocycles. The second-order valence-corrected chi connectivity index (χ2v) is 15.6. The van der Waals surface area contributed by atoms with Gasteiger partial charge in [-0.1, -0.05) is 207 Å². The average Bonchev–Trinajstić information content (AvgIpc) is 3.13. The molecule has 0 saturated heterocycles. The molecule has 6 heteroatoms. The van der Waals surface area contributed by atoms with Crippen molar-refractivity contribution in [1.82, 2.24) is 0 Å². The first-order valence-corrected chi connectivity index (χ1v) is 22.4. The van der Waals surface area contributed by atoms with Crippen LogP contribution in [0.4, 0.5) is 0 Å². The van der Waals surface area contributed by atoms with Gasteiger partial charge in [-0.25, -0.2) is 0 Å². The lowest BCUT2D eigenvalue weighted by Crippen LogP contribution is -2.30. The highest BCUT2D eigenvalue weighted by molar-refractivity contribution is 5.71. The lowest BCUT2D eigenvalue weighted by Gasteiger charge is -2.18. The quantitative estimate of drug-likeness (QED) is 0.0356. The number of carbonyl (C=O) groups excluding carboxylic acids is 3. The number of carbonyl (C=O) groups is 3. The van der Waals surface area contributed by atoms with Crippen LogP contribution >= 0.6 is 0 Å². The Kier molecular flexibility index (Phi) is 38.4. The highest BCUT2D eigenvalue weighted by Crippen LogP contribution is 2.16. The summed E-state index contributed by atoms with van der Waals surface area (Å²) in [6.07, 6.45) is 38.0. The first-order chi connectivity index (χ1) is 24.9. The largest absolute Gasteiger partial charge is 0.462 e. The van der Waals surface area contributed by atoms with Gasteiger partial charge in [-0.15, -0.1) is 0 Å². The Hall–Kier alpha value is -1.59. The predicted octanol–water partition coefficient (Wildman–Crippen LogP) is 13.9. The van der Waals surface area contributed by atoms with Crippen molar-refractivity contribution in [3.63, 3.8) is 0 Å². The number of unbranched alkanes of at least 4 members (excludes halogenated alkanes) is 26. The van der Waals surface area contributed by atoms with E-state index in [1.165, 1.54) is 141 Å². The minimum absolute atomic E-state index is 0.0647. The topological polar surface area (TPSA) is 78.9 Å². The molecule has 0 bridgehead atoms. The van der Waals surface area contributed by atoms with Gasteiger partial charge in [0.1, 0.15) is 13.2 Å². The van der Waals surface area contributed by atoms with E-state index in [4.69, 9.17) is 14.2 Å². The Morgan fingerprint density at radius 1 is 0.392 bits per heavy atom. The van der Waals surface area contributed by atoms with Gasteiger partial charge in [0, 0.05) is 19.3 Å². The van der Waals surface area contributed by atoms with E-state index in [1.54, 1.807) is 0 Å². The van der Waals surface area contributed by atoms with Crippen LogP contribution in [-0.4, -0.2) is 37.2 Å². The summed E-state index contributed by atoms with van der Waals surface area (Å²) in [5.74, 6) is -0.0494. The maximum atomic E-state index is 12.7. The van der Waals surface area contributed by atoms with Crippen LogP contribution in [-0.2, 0) is 28.6 Å². The molecule has 0 aromatic rings. The Morgan fingerprint density at radius 2 is 0.686 bits per heavy atom. The Labute approximate surface area is 317 Å². The smallest absolute Gasteiger partial charge is 0.306 e. The Balaban J connectivity index is 4.33. The highest BCUT2D eigenvalue weighted by atomic mass is 16.6. The van der Waals surface area contributed by atoms with Gasteiger partial charge in [0.05, 0.1) is 0 Å². The molecule has 0 amide bonds. The van der Waals surface area contributed by atoms with Crippen molar-refractivity contribution in [3.05, 3.63) is 0 Å². The molecule has 302 valence electrons. The van der Waals surface area contributed by atoms with Gasteiger partial charge in [0.2, 0.25) is 0 Å². The van der Waals surface area contributed by atoms with Crippen molar-refractivity contribution < 1.29 is 28.6 Å². The van der Waals surface area contributed by atoms with Gasteiger partial charge in [-0.3, -0.25) is 14.4 Å². The lowest BCUT2D eigenvalue weighted by molar-refractivity contribution is -0.167. The fourth-order valence-corrected chi connectivity index (χ4v) is 6.59. The molecule has 6 nitrogen and oxygen atoms in total. The van der Waals surface area contributed by atoms with Crippen LogP contribution in [0.3, 0.4) is 0 Å². The van der Waals surface area contributed by atoms with Gasteiger partial charge in [-0.05, 0) is 25.2 Å². The maximum Gasteiger partial charge on any atom is 0.306 e. The molecule has 0 spiro atoms. The third kappa shape index (κ3) is 38.0. The van der Waals surface area contributed by atoms with E-state index in [2.05, 4.69) is 27.7 Å². The molecule has 1 unspecified atom stereocenters. The summed E-state index contributed by atoms with van der Waals surface area (Å²) < 4.78 is 16.7. The molecule has 2 atom stereocenters. The summed E-state index contributed by atoms with van der Waals surface area (Å²) in [6.45, 7) is 8.95. The molecule has 0 aromatic carbocycles. The zero-order valence-corrected chi connectivity index (χ0v) is 34.6. The van der Waals surface area contributed by atoms with Crippen molar-refractivity contribution >= 4 is 17.9 Å². The van der Waals surface area contributed by atoms with E-state index in [0.717, 1.165) is 63.7 Å². The van der Waals surface area contributed by atoms with Gasteiger partial charge < -0.3 is 14.2 Å². The van der Waals surface area contributed by atoms with E-state index < -0.39 is 6.10 Å². The van der Waals surface area contributed by atoms with Crippen molar-refractivity contribution in [3.8, 4) is 0 Å². The second-order valence-electron chi connectivity index (χ2n) is 15.6. The molecule has 0 fully saturated rings. The van der Waals surface area contributed by atoms with E-state index >= 15 is 0 Å². The van der Waals surface area contributed by atoms with Crippen molar-refractivity contribution in [2.24, 2.45) is 5.92 Å². The summed E-state index contributed by atoms with van der Waals surface area (Å²) in [6, 6.07) is 0. The predicted molar refractivity (Wildman–Crippen MR) is 215 cm³/mol. The van der Waals surface area contributed by atoms with E-state index in [-0.39, 0.29) is 31.1 Å². The van der Waals surface area contributed by atoms with E-state index in [0.29, 0.717) is 19.3 Å². The van der Waals surface area contributed by atoms with Crippen molar-refractivity contribution in [2.45, 2.75) is 252 Å². The van der Waals surface area contributed by atoms with Crippen LogP contribution in [0.15, 0.2) is 0 Å². The normalized spacial score (nSPS) is 12.5. The number of esters is 3. The molecule has 0 rings (SSSR count). The Bertz CT molecular complexity index is 768. The number of rotatable bonds is 40. The average molecular weight is 723 g/mol. The first-order valence-electron chi connectivity index (χ1n) is 22.4. The number of ether oxygens (including phenoxy) is 3. The van der Waals surface area contributed by atoms with Crippen LogP contribution in [0.1, 0.15) is 246 Å². The van der Waals surface area contributed by atoms with E-state index in [9.17, 15) is 14.4 Å². The molecule has 0 N–H and O–H groups in total. The number of hydrogen-bond acceptors (Lipinski definition) is 6. The van der Waals surface area contributed by atoms with Crippen LogP contribution in [0.25, 0.3) is 0 Å². The van der Waals surface area contributed by atoms with Crippen LogP contribution in [0, 0.1) is 5.92 Å². The van der Waals surface area contributed by atoms with Gasteiger partial charge in [-0.2, -0.15) is 0 Å². The summed E-state index contributed by atoms with van der Waals surface area (Å²) in [4.78, 5) is 37.6. The maximum absolute atomic E-state index is 12.7. The molecule has 0 heterocycles. The summed E-state index contributed by atoms with van der Waals surface area (Å²) >= 11 is 0. The fraction of sp³-hybridized carbons (Fsp3) is 0.933. The van der Waals surface area contributed by atoms with Gasteiger partial charge in [0.25, 0.3) is 0 Å². The Morgan fingerprint density at radius 3 is 1.02 bits per heavy atom. The first kappa shape index (κ1) is 49.4. The van der Waals surface area contributed by atoms with Crippen LogP contribution in [0.2, 0.25) is 0 Å². The number of hydrogen-bond donors (Lipinski definition) is 0. The molecule has 0 radical (unpaired) electrons. The third-order valence-corrected chi connectivity index (χ3v) is 10.4. The second kappa shape index (κ2) is 39.6. The minimum Gasteiger partial charge on any atom is -0.462 e. The van der Waals surface area contributed by atoms with Crippen LogP contribution < -0.4 is 0 Å². The van der Waals surface area contributed by atoms with Crippen LogP contribution in [0.5, 0.6) is 0 Å². The lowest BCUT2D eigenvalue weighted by atomic mass is 10.00. The fourth-order valence-electron chi connectivity index (χ4n) is 6.59. The monoisotopic (exact) mass is 723 g/mol. The van der Waals surface area contributed by atoms with Crippen molar-refractivity contribution in [1.29, 1.82) is 0 Å². The third-order valence-electron chi connectivity index (χ3n) is 10.4.